The smallest absolute Gasteiger partial charge is 0.344 e. The lowest BCUT2D eigenvalue weighted by Crippen LogP contribution is -2.19. The van der Waals surface area contributed by atoms with Crippen LogP contribution < -0.4 is 5.32 Å². The molecule has 298 valence electrons. The molecular weight excluding hydrogens is 684 g/mol. The lowest BCUT2D eigenvalue weighted by atomic mass is 9.91. The maximum absolute atomic E-state index is 13.2. The number of halogens is 6. The molecule has 1 aliphatic carbocycles. The van der Waals surface area contributed by atoms with Crippen molar-refractivity contribution in [3.63, 3.8) is 0 Å². The van der Waals surface area contributed by atoms with Crippen molar-refractivity contribution in [2.45, 2.75) is 138 Å². The van der Waals surface area contributed by atoms with Crippen LogP contribution in [-0.4, -0.2) is 30.9 Å². The Morgan fingerprint density at radius 1 is 0.792 bits per heavy atom. The fraction of sp³-hybridized carbons (Fsp3) is 0.568. The van der Waals surface area contributed by atoms with Gasteiger partial charge >= 0.3 is 12.4 Å². The summed E-state index contributed by atoms with van der Waals surface area (Å²) in [6.07, 6.45) is 9.67. The number of nitrogens with one attached hydrogen (secondary N) is 1. The van der Waals surface area contributed by atoms with Gasteiger partial charge in [0.25, 0.3) is 0 Å². The van der Waals surface area contributed by atoms with Crippen LogP contribution >= 0.6 is 0 Å². The molecule has 0 saturated heterocycles. The maximum atomic E-state index is 13.2. The van der Waals surface area contributed by atoms with E-state index in [0.29, 0.717) is 12.1 Å². The molecule has 0 spiro atoms. The first-order valence-electron chi connectivity index (χ1n) is 19.5. The van der Waals surface area contributed by atoms with Crippen LogP contribution in [-0.2, 0) is 18.8 Å². The van der Waals surface area contributed by atoms with E-state index < -0.39 is 23.5 Å². The second-order valence-corrected chi connectivity index (χ2v) is 13.9. The summed E-state index contributed by atoms with van der Waals surface area (Å²) in [6, 6.07) is 9.54. The molecule has 1 fully saturated rings. The molecule has 0 heterocycles. The largest absolute Gasteiger partial charge is 0.416 e. The third-order valence-corrected chi connectivity index (χ3v) is 9.00. The normalized spacial score (nSPS) is 15.1. The molecule has 3 nitrogen and oxygen atoms in total. The van der Waals surface area contributed by atoms with Gasteiger partial charge in [-0.3, -0.25) is 0 Å². The van der Waals surface area contributed by atoms with Crippen LogP contribution in [0.4, 0.5) is 32.0 Å². The molecule has 1 saturated carbocycles. The quantitative estimate of drug-likeness (QED) is 0.0956. The van der Waals surface area contributed by atoms with E-state index in [1.54, 1.807) is 6.20 Å². The molecule has 0 radical (unpaired) electrons. The van der Waals surface area contributed by atoms with Crippen LogP contribution in [0, 0.1) is 5.92 Å². The molecule has 2 aromatic carbocycles. The van der Waals surface area contributed by atoms with Crippen molar-refractivity contribution in [3.05, 3.63) is 94.2 Å². The summed E-state index contributed by atoms with van der Waals surface area (Å²) >= 11 is 0. The van der Waals surface area contributed by atoms with Crippen molar-refractivity contribution in [1.29, 1.82) is 0 Å². The molecule has 2 aromatic rings. The summed E-state index contributed by atoms with van der Waals surface area (Å²) in [7, 11) is 2.19. The molecule has 0 atom stereocenters. The van der Waals surface area contributed by atoms with E-state index in [1.807, 2.05) is 39.0 Å². The van der Waals surface area contributed by atoms with Crippen molar-refractivity contribution < 1.29 is 26.3 Å². The molecule has 9 heteroatoms. The van der Waals surface area contributed by atoms with Crippen LogP contribution in [0.15, 0.2) is 77.0 Å². The van der Waals surface area contributed by atoms with E-state index in [4.69, 9.17) is 0 Å². The van der Waals surface area contributed by atoms with Crippen molar-refractivity contribution in [3.8, 4) is 0 Å². The Balaban J connectivity index is 0.000000718. The molecule has 0 aliphatic heterocycles. The number of unbranched alkanes of at least 4 members (excludes halogenated alkanes) is 1. The fourth-order valence-corrected chi connectivity index (χ4v) is 5.97. The Bertz CT molecular complexity index is 1410. The summed E-state index contributed by atoms with van der Waals surface area (Å²) in [4.78, 5) is 6.76. The second kappa shape index (κ2) is 24.9. The van der Waals surface area contributed by atoms with Gasteiger partial charge in [-0.05, 0) is 112 Å². The third kappa shape index (κ3) is 19.0. The number of allylic oxidation sites excluding steroid dienone is 5. The van der Waals surface area contributed by atoms with Crippen LogP contribution in [0.1, 0.15) is 142 Å². The van der Waals surface area contributed by atoms with Crippen molar-refractivity contribution in [1.82, 2.24) is 4.90 Å². The monoisotopic (exact) mass is 750 g/mol. The number of hydrogen-bond donors (Lipinski definition) is 1. The average Bonchev–Trinajstić information content (AvgIpc) is 3.10. The van der Waals surface area contributed by atoms with E-state index >= 15 is 0 Å². The van der Waals surface area contributed by atoms with Gasteiger partial charge in [0, 0.05) is 17.5 Å². The zero-order chi connectivity index (χ0) is 40.0. The molecule has 1 N–H and O–H groups in total. The van der Waals surface area contributed by atoms with Gasteiger partial charge in [-0.15, -0.1) is 0 Å². The number of anilines is 1. The van der Waals surface area contributed by atoms with Gasteiger partial charge in [-0.1, -0.05) is 116 Å². The highest BCUT2D eigenvalue weighted by Gasteiger charge is 2.37. The molecule has 0 amide bonds. The molecule has 0 bridgehead atoms. The predicted octanol–water partition coefficient (Wildman–Crippen LogP) is 14.6. The number of alkyl halides is 6. The van der Waals surface area contributed by atoms with E-state index in [2.05, 4.69) is 68.2 Å². The zero-order valence-electron chi connectivity index (χ0n) is 33.7. The van der Waals surface area contributed by atoms with Gasteiger partial charge < -0.3 is 10.2 Å². The molecular formula is C44H65F6N3. The van der Waals surface area contributed by atoms with E-state index in [-0.39, 0.29) is 17.6 Å². The van der Waals surface area contributed by atoms with E-state index in [1.165, 1.54) is 76.9 Å². The molecule has 0 aromatic heterocycles. The van der Waals surface area contributed by atoms with Gasteiger partial charge in [0.1, 0.15) is 5.84 Å². The lowest BCUT2D eigenvalue weighted by Gasteiger charge is -2.16. The number of amidine groups is 1. The minimum Gasteiger partial charge on any atom is -0.344 e. The van der Waals surface area contributed by atoms with Crippen LogP contribution in [0.2, 0.25) is 0 Å². The van der Waals surface area contributed by atoms with Crippen molar-refractivity contribution in [2.75, 3.05) is 25.5 Å². The highest BCUT2D eigenvalue weighted by Crippen LogP contribution is 2.37. The predicted molar refractivity (Wildman–Crippen MR) is 214 cm³/mol. The van der Waals surface area contributed by atoms with Gasteiger partial charge in [-0.2, -0.15) is 26.3 Å². The summed E-state index contributed by atoms with van der Waals surface area (Å²) in [5.41, 5.74) is 1.77. The van der Waals surface area contributed by atoms with E-state index in [9.17, 15) is 26.3 Å². The second-order valence-electron chi connectivity index (χ2n) is 13.9. The van der Waals surface area contributed by atoms with Gasteiger partial charge in [0.05, 0.1) is 11.1 Å². The topological polar surface area (TPSA) is 27.6 Å². The Hall–Kier alpha value is -3.33. The van der Waals surface area contributed by atoms with Gasteiger partial charge in [0.2, 0.25) is 0 Å². The number of aliphatic imine (C=N–C) groups is 1. The number of aryl methyl sites for hydroxylation is 1. The first-order valence-corrected chi connectivity index (χ1v) is 19.5. The Morgan fingerprint density at radius 2 is 1.36 bits per heavy atom. The first kappa shape index (κ1) is 47.7. The SMILES string of the molecule is CC1CCCCC1.CCCCN(C)CCC.CC\C=C(C(=C/N=C(C)Nc1cc(C(F)(F)F)cc(C(F)(F)F)c1)/C(C)=C/CC)\c1ccc(CC)cc1. The standard InChI is InChI=1S/C29H32F6N2.C8H19N.C7H14/c1-6-9-19(4)27(26(10-7-2)22-13-11-21(8-3)12-14-22)18-36-20(5)37-25-16-23(28(30,31)32)15-24(17-25)29(33,34)35;1-4-6-8-9(3)7-5-2;1-7-5-3-2-4-6-7/h9-18H,6-8H2,1-5H3,(H,36,37);4-8H2,1-3H3;7H,2-6H2,1H3/b19-9+,26-10-,27-18+;;. The Labute approximate surface area is 316 Å². The van der Waals surface area contributed by atoms with Crippen molar-refractivity contribution >= 4 is 17.1 Å². The lowest BCUT2D eigenvalue weighted by molar-refractivity contribution is -0.143. The molecule has 53 heavy (non-hydrogen) atoms. The van der Waals surface area contributed by atoms with Gasteiger partial charge in [0.15, 0.2) is 0 Å². The number of nitrogens with zero attached hydrogens (tertiary/aromatic N) is 2. The highest BCUT2D eigenvalue weighted by atomic mass is 19.4. The zero-order valence-corrected chi connectivity index (χ0v) is 33.7. The fourth-order valence-electron chi connectivity index (χ4n) is 5.97. The van der Waals surface area contributed by atoms with E-state index in [0.717, 1.165) is 47.5 Å². The molecule has 1 aliphatic rings. The third-order valence-electron chi connectivity index (χ3n) is 9.00. The highest BCUT2D eigenvalue weighted by molar-refractivity contribution is 5.94. The summed E-state index contributed by atoms with van der Waals surface area (Å²) < 4.78 is 79.3. The average molecular weight is 750 g/mol. The van der Waals surface area contributed by atoms with Crippen LogP contribution in [0.5, 0.6) is 0 Å². The van der Waals surface area contributed by atoms with Crippen LogP contribution in [0.3, 0.4) is 0 Å². The first-order chi connectivity index (χ1) is 25.0. The number of benzene rings is 2. The minimum atomic E-state index is -4.93. The maximum Gasteiger partial charge on any atom is 0.416 e. The molecule has 3 rings (SSSR count). The van der Waals surface area contributed by atoms with Crippen molar-refractivity contribution in [2.24, 2.45) is 10.9 Å². The summed E-state index contributed by atoms with van der Waals surface area (Å²) in [5.74, 6) is 1.18. The Kier molecular flexibility index (Phi) is 22.4. The van der Waals surface area contributed by atoms with Crippen LogP contribution in [0.25, 0.3) is 5.57 Å². The number of rotatable bonds is 13. The molecule has 0 unspecified atom stereocenters. The summed E-state index contributed by atoms with van der Waals surface area (Å²) in [6.45, 7) is 18.9. The Morgan fingerprint density at radius 3 is 1.79 bits per heavy atom. The van der Waals surface area contributed by atoms with Gasteiger partial charge in [-0.25, -0.2) is 4.99 Å². The number of hydrogen-bond acceptors (Lipinski definition) is 2. The summed E-state index contributed by atoms with van der Waals surface area (Å²) in [5, 5.41) is 2.59. The minimum absolute atomic E-state index is 0.0974.